The average Bonchev–Trinajstić information content (AvgIpc) is 2.60. The fourth-order valence-corrected chi connectivity index (χ4v) is 3.80. The second kappa shape index (κ2) is 8.08. The van der Waals surface area contributed by atoms with Gasteiger partial charge < -0.3 is 25.2 Å². The van der Waals surface area contributed by atoms with Crippen LogP contribution in [0.15, 0.2) is 18.2 Å². The Balaban J connectivity index is 0.00000243. The maximum absolute atomic E-state index is 13.9. The summed E-state index contributed by atoms with van der Waals surface area (Å²) in [7, 11) is 1.37. The molecule has 1 aromatic carbocycles. The van der Waals surface area contributed by atoms with Crippen LogP contribution in [-0.4, -0.2) is 55.1 Å². The van der Waals surface area contributed by atoms with Gasteiger partial charge in [0.25, 0.3) is 5.91 Å². The van der Waals surface area contributed by atoms with Gasteiger partial charge in [0.05, 0.1) is 18.2 Å². The highest BCUT2D eigenvalue weighted by Gasteiger charge is 2.53. The fraction of sp³-hybridized carbons (Fsp3) is 0.611. The summed E-state index contributed by atoms with van der Waals surface area (Å²) in [5, 5.41) is 17.1. The summed E-state index contributed by atoms with van der Waals surface area (Å²) < 4.78 is 24.7. The van der Waals surface area contributed by atoms with E-state index in [4.69, 9.17) is 9.47 Å². The lowest BCUT2D eigenvalue weighted by Crippen LogP contribution is -2.69. The van der Waals surface area contributed by atoms with Gasteiger partial charge in [0, 0.05) is 12.2 Å². The predicted molar refractivity (Wildman–Crippen MR) is 97.5 cm³/mol. The Morgan fingerprint density at radius 1 is 1.38 bits per heavy atom. The smallest absolute Gasteiger partial charge is 0.251 e. The number of nitrogens with one attached hydrogen (secondary N) is 2. The van der Waals surface area contributed by atoms with Crippen LogP contribution in [0.5, 0.6) is 5.75 Å². The van der Waals surface area contributed by atoms with E-state index in [1.165, 1.54) is 19.2 Å². The second-order valence-electron chi connectivity index (χ2n) is 7.04. The molecule has 2 atom stereocenters. The van der Waals surface area contributed by atoms with Crippen molar-refractivity contribution >= 4 is 18.3 Å². The topological polar surface area (TPSA) is 79.8 Å². The number of ether oxygens (including phenoxy) is 2. The Hall–Kier alpha value is -1.41. The quantitative estimate of drug-likeness (QED) is 0.733. The van der Waals surface area contributed by atoms with Gasteiger partial charge in [-0.05, 0) is 57.5 Å². The zero-order valence-electron chi connectivity index (χ0n) is 15.0. The van der Waals surface area contributed by atoms with Gasteiger partial charge in [0.2, 0.25) is 0 Å². The van der Waals surface area contributed by atoms with E-state index in [2.05, 4.69) is 10.6 Å². The average molecular weight is 389 g/mol. The molecule has 2 heterocycles. The van der Waals surface area contributed by atoms with Gasteiger partial charge in [0.15, 0.2) is 11.6 Å². The Morgan fingerprint density at radius 3 is 2.69 bits per heavy atom. The van der Waals surface area contributed by atoms with Crippen molar-refractivity contribution in [3.05, 3.63) is 29.6 Å². The molecule has 1 aromatic rings. The summed E-state index contributed by atoms with van der Waals surface area (Å²) in [4.78, 5) is 12.6. The van der Waals surface area contributed by atoms with Crippen LogP contribution >= 0.6 is 12.4 Å². The van der Waals surface area contributed by atoms with Crippen LogP contribution in [0.1, 0.15) is 36.5 Å². The molecule has 146 valence electrons. The molecule has 0 saturated carbocycles. The number of aliphatic hydroxyl groups is 1. The first-order chi connectivity index (χ1) is 11.9. The Morgan fingerprint density at radius 2 is 2.08 bits per heavy atom. The van der Waals surface area contributed by atoms with Crippen LogP contribution in [0.25, 0.3) is 0 Å². The Bertz CT molecular complexity index is 649. The van der Waals surface area contributed by atoms with Crippen molar-refractivity contribution in [2.24, 2.45) is 0 Å². The van der Waals surface area contributed by atoms with E-state index in [0.29, 0.717) is 25.9 Å². The molecular formula is C18H26ClFN2O4. The maximum Gasteiger partial charge on any atom is 0.251 e. The molecule has 3 rings (SSSR count). The predicted octanol–water partition coefficient (Wildman–Crippen LogP) is 1.65. The van der Waals surface area contributed by atoms with Gasteiger partial charge in [-0.1, -0.05) is 0 Å². The third-order valence-electron chi connectivity index (χ3n) is 5.38. The largest absolute Gasteiger partial charge is 0.494 e. The normalized spacial score (nSPS) is 27.5. The van der Waals surface area contributed by atoms with E-state index in [0.717, 1.165) is 19.2 Å². The molecule has 2 aliphatic rings. The summed E-state index contributed by atoms with van der Waals surface area (Å²) >= 11 is 0. The number of carbonyl (C=O) groups is 1. The zero-order chi connectivity index (χ0) is 18.1. The number of benzene rings is 1. The monoisotopic (exact) mass is 388 g/mol. The second-order valence-corrected chi connectivity index (χ2v) is 7.04. The van der Waals surface area contributed by atoms with Crippen molar-refractivity contribution in [2.45, 2.75) is 43.4 Å². The minimum absolute atomic E-state index is 0. The molecule has 0 aromatic heterocycles. The zero-order valence-corrected chi connectivity index (χ0v) is 15.8. The summed E-state index contributed by atoms with van der Waals surface area (Å²) in [6, 6.07) is 4.07. The van der Waals surface area contributed by atoms with E-state index in [1.807, 2.05) is 6.92 Å². The third-order valence-corrected chi connectivity index (χ3v) is 5.38. The fourth-order valence-electron chi connectivity index (χ4n) is 3.80. The molecule has 3 N–H and O–H groups in total. The van der Waals surface area contributed by atoms with Gasteiger partial charge in [-0.25, -0.2) is 4.39 Å². The first kappa shape index (κ1) is 20.9. The van der Waals surface area contributed by atoms with Crippen LogP contribution in [-0.2, 0) is 4.74 Å². The molecule has 0 bridgehead atoms. The summed E-state index contributed by atoms with van der Waals surface area (Å²) in [5.41, 5.74) is -1.28. The first-order valence-corrected chi connectivity index (χ1v) is 8.59. The van der Waals surface area contributed by atoms with E-state index in [1.54, 1.807) is 0 Å². The maximum atomic E-state index is 13.9. The number of carbonyl (C=O) groups excluding carboxylic acids is 1. The van der Waals surface area contributed by atoms with Crippen LogP contribution in [0.4, 0.5) is 4.39 Å². The van der Waals surface area contributed by atoms with Crippen LogP contribution < -0.4 is 15.4 Å². The van der Waals surface area contributed by atoms with E-state index < -0.39 is 29.0 Å². The standard InChI is InChI=1S/C18H25FN2O4.ClH/c1-17(7-10-25-18(16(17)23)5-8-20-9-6-18)21-15(22)12-3-4-14(24-2)13(19)11-12;/h3-4,11,16,20,23H,5-10H2,1-2H3,(H,21,22);1H/t16-,17+;/m0./s1. The van der Waals surface area contributed by atoms with Gasteiger partial charge in [-0.3, -0.25) is 4.79 Å². The van der Waals surface area contributed by atoms with Crippen LogP contribution in [0.2, 0.25) is 0 Å². The molecule has 26 heavy (non-hydrogen) atoms. The molecule has 0 radical (unpaired) electrons. The molecule has 1 amide bonds. The Kier molecular flexibility index (Phi) is 6.50. The molecule has 8 heteroatoms. The molecule has 2 fully saturated rings. The SMILES string of the molecule is COc1ccc(C(=O)N[C@]2(C)CCOC3(CCNCC3)[C@H]2O)cc1F.Cl. The van der Waals surface area contributed by atoms with Gasteiger partial charge in [-0.2, -0.15) is 0 Å². The van der Waals surface area contributed by atoms with Gasteiger partial charge >= 0.3 is 0 Å². The number of halogens is 2. The highest BCUT2D eigenvalue weighted by atomic mass is 35.5. The highest BCUT2D eigenvalue weighted by Crippen LogP contribution is 2.38. The van der Waals surface area contributed by atoms with Crippen LogP contribution in [0.3, 0.4) is 0 Å². The number of rotatable bonds is 3. The van der Waals surface area contributed by atoms with Crippen molar-refractivity contribution in [3.63, 3.8) is 0 Å². The molecular weight excluding hydrogens is 363 g/mol. The number of hydrogen-bond acceptors (Lipinski definition) is 5. The minimum Gasteiger partial charge on any atom is -0.494 e. The van der Waals surface area contributed by atoms with Gasteiger partial charge in [0.1, 0.15) is 6.10 Å². The molecule has 0 aliphatic carbocycles. The molecule has 1 spiro atoms. The number of methoxy groups -OCH3 is 1. The van der Waals surface area contributed by atoms with Crippen molar-refractivity contribution < 1.29 is 23.8 Å². The van der Waals surface area contributed by atoms with E-state index in [-0.39, 0.29) is 23.7 Å². The number of hydrogen-bond donors (Lipinski definition) is 3. The lowest BCUT2D eigenvalue weighted by molar-refractivity contribution is -0.197. The number of aliphatic hydroxyl groups excluding tert-OH is 1. The number of amides is 1. The summed E-state index contributed by atoms with van der Waals surface area (Å²) in [6.45, 7) is 3.82. The number of piperidine rings is 1. The van der Waals surface area contributed by atoms with Crippen molar-refractivity contribution in [1.29, 1.82) is 0 Å². The van der Waals surface area contributed by atoms with Crippen molar-refractivity contribution in [3.8, 4) is 5.75 Å². The lowest BCUT2D eigenvalue weighted by Gasteiger charge is -2.52. The van der Waals surface area contributed by atoms with E-state index >= 15 is 0 Å². The molecule has 2 aliphatic heterocycles. The molecule has 2 saturated heterocycles. The molecule has 0 unspecified atom stereocenters. The van der Waals surface area contributed by atoms with Crippen molar-refractivity contribution in [2.75, 3.05) is 26.8 Å². The third kappa shape index (κ3) is 3.81. The summed E-state index contributed by atoms with van der Waals surface area (Å²) in [5.74, 6) is -0.931. The Labute approximate surface area is 158 Å². The van der Waals surface area contributed by atoms with E-state index in [9.17, 15) is 14.3 Å². The first-order valence-electron chi connectivity index (χ1n) is 8.59. The molecule has 6 nitrogen and oxygen atoms in total. The lowest BCUT2D eigenvalue weighted by atomic mass is 9.73. The van der Waals surface area contributed by atoms with Crippen molar-refractivity contribution in [1.82, 2.24) is 10.6 Å². The highest BCUT2D eigenvalue weighted by molar-refractivity contribution is 5.95. The summed E-state index contributed by atoms with van der Waals surface area (Å²) in [6.07, 6.45) is 1.05. The minimum atomic E-state index is -0.831. The van der Waals surface area contributed by atoms with Crippen LogP contribution in [0, 0.1) is 5.82 Å². The van der Waals surface area contributed by atoms with Gasteiger partial charge in [-0.15, -0.1) is 12.4 Å².